The Kier molecular flexibility index (Phi) is 7.97. The lowest BCUT2D eigenvalue weighted by atomic mass is 9.96. The molecule has 1 saturated heterocycles. The van der Waals surface area contributed by atoms with Crippen molar-refractivity contribution >= 4 is 28.8 Å². The van der Waals surface area contributed by atoms with Crippen LogP contribution in [0.15, 0.2) is 60.8 Å². The third-order valence-electron chi connectivity index (χ3n) is 6.00. The molecule has 1 fully saturated rings. The maximum Gasteiger partial charge on any atom is 0.236 e. The molecule has 0 radical (unpaired) electrons. The molecule has 1 atom stereocenters. The molecule has 0 bridgehead atoms. The first kappa shape index (κ1) is 23.1. The van der Waals surface area contributed by atoms with Crippen LogP contribution in [-0.4, -0.2) is 19.0 Å². The van der Waals surface area contributed by atoms with Crippen molar-refractivity contribution in [1.82, 2.24) is 5.32 Å². The molecule has 2 aromatic carbocycles. The van der Waals surface area contributed by atoms with Gasteiger partial charge in [-0.2, -0.15) is 0 Å². The van der Waals surface area contributed by atoms with E-state index in [2.05, 4.69) is 37.9 Å². The van der Waals surface area contributed by atoms with E-state index in [0.717, 1.165) is 60.7 Å². The smallest absolute Gasteiger partial charge is 0.236 e. The lowest BCUT2D eigenvalue weighted by Crippen LogP contribution is -2.31. The van der Waals surface area contributed by atoms with Crippen molar-refractivity contribution in [1.29, 1.82) is 0 Å². The molecule has 0 spiro atoms. The highest BCUT2D eigenvalue weighted by Crippen LogP contribution is 2.31. The minimum Gasteiger partial charge on any atom is -0.388 e. The number of nitrogens with zero attached hydrogens (tertiary/aromatic N) is 1. The predicted molar refractivity (Wildman–Crippen MR) is 132 cm³/mol. The summed E-state index contributed by atoms with van der Waals surface area (Å²) in [5.74, 6) is -0.0326. The molecular weight excluding hydrogens is 404 g/mol. The Balaban J connectivity index is 1.62. The van der Waals surface area contributed by atoms with Gasteiger partial charge in [0.1, 0.15) is 0 Å². The van der Waals surface area contributed by atoms with Gasteiger partial charge in [-0.3, -0.25) is 4.79 Å². The number of hydrogen-bond donors (Lipinski definition) is 1. The largest absolute Gasteiger partial charge is 0.388 e. The molecule has 4 heteroatoms. The van der Waals surface area contributed by atoms with Crippen LogP contribution in [-0.2, 0) is 4.79 Å². The van der Waals surface area contributed by atoms with Crippen molar-refractivity contribution in [3.63, 3.8) is 0 Å². The molecule has 0 aromatic heterocycles. The van der Waals surface area contributed by atoms with E-state index in [0.29, 0.717) is 0 Å². The van der Waals surface area contributed by atoms with Gasteiger partial charge in [-0.1, -0.05) is 61.9 Å². The molecular formula is C27H33ClN2O. The summed E-state index contributed by atoms with van der Waals surface area (Å²) >= 11 is 6.26. The number of unbranched alkanes of at least 4 members (excludes halogenated alkanes) is 1. The molecule has 3 rings (SSSR count). The number of nitrogens with one attached hydrogen (secondary N) is 1. The van der Waals surface area contributed by atoms with E-state index < -0.39 is 0 Å². The first-order valence-electron chi connectivity index (χ1n) is 11.2. The number of para-hydroxylation sites is 1. The van der Waals surface area contributed by atoms with Crippen LogP contribution in [0.4, 0.5) is 5.69 Å². The number of allylic oxidation sites excluding steroid dienone is 1. The number of amides is 1. The lowest BCUT2D eigenvalue weighted by Gasteiger charge is -2.20. The van der Waals surface area contributed by atoms with Crippen molar-refractivity contribution in [2.24, 2.45) is 5.92 Å². The third-order valence-corrected chi connectivity index (χ3v) is 6.24. The maximum absolute atomic E-state index is 13.0. The SMILES string of the molecule is C=C(NCC/C(=C/CCC)c1cc(Cl)ccc1C)C1CCN(c2ccccc2C)C1=O. The molecule has 31 heavy (non-hydrogen) atoms. The van der Waals surface area contributed by atoms with Gasteiger partial charge in [-0.25, -0.2) is 0 Å². The summed E-state index contributed by atoms with van der Waals surface area (Å²) in [5.41, 5.74) is 6.67. The Morgan fingerprint density at radius 3 is 2.74 bits per heavy atom. The maximum atomic E-state index is 13.0. The molecule has 1 N–H and O–H groups in total. The Labute approximate surface area is 191 Å². The number of halogens is 1. The van der Waals surface area contributed by atoms with Gasteiger partial charge in [0.25, 0.3) is 0 Å². The summed E-state index contributed by atoms with van der Waals surface area (Å²) in [6.45, 7) is 12.0. The first-order chi connectivity index (χ1) is 14.9. The van der Waals surface area contributed by atoms with Gasteiger partial charge < -0.3 is 10.2 Å². The highest BCUT2D eigenvalue weighted by molar-refractivity contribution is 6.30. The summed E-state index contributed by atoms with van der Waals surface area (Å²) < 4.78 is 0. The molecule has 164 valence electrons. The minimum absolute atomic E-state index is 0.138. The van der Waals surface area contributed by atoms with Crippen LogP contribution in [0.3, 0.4) is 0 Å². The lowest BCUT2D eigenvalue weighted by molar-refractivity contribution is -0.119. The number of aryl methyl sites for hydroxylation is 2. The summed E-state index contributed by atoms with van der Waals surface area (Å²) in [6.07, 6.45) is 6.11. The highest BCUT2D eigenvalue weighted by atomic mass is 35.5. The fourth-order valence-corrected chi connectivity index (χ4v) is 4.37. The van der Waals surface area contributed by atoms with Crippen LogP contribution in [0.2, 0.25) is 5.02 Å². The Morgan fingerprint density at radius 1 is 1.23 bits per heavy atom. The zero-order chi connectivity index (χ0) is 22.4. The molecule has 0 saturated carbocycles. The minimum atomic E-state index is -0.171. The van der Waals surface area contributed by atoms with Crippen molar-refractivity contribution in [3.05, 3.63) is 82.5 Å². The summed E-state index contributed by atoms with van der Waals surface area (Å²) in [6, 6.07) is 14.1. The zero-order valence-corrected chi connectivity index (χ0v) is 19.6. The van der Waals surface area contributed by atoms with Gasteiger partial charge in [0, 0.05) is 29.5 Å². The fourth-order valence-electron chi connectivity index (χ4n) is 4.20. The van der Waals surface area contributed by atoms with E-state index in [1.54, 1.807) is 0 Å². The van der Waals surface area contributed by atoms with Gasteiger partial charge in [0.15, 0.2) is 0 Å². The van der Waals surface area contributed by atoms with Crippen molar-refractivity contribution in [2.45, 2.75) is 46.5 Å². The molecule has 1 aliphatic heterocycles. The fraction of sp³-hybridized carbons (Fsp3) is 0.370. The number of benzene rings is 2. The van der Waals surface area contributed by atoms with Crippen LogP contribution in [0, 0.1) is 19.8 Å². The second-order valence-electron chi connectivity index (χ2n) is 8.30. The zero-order valence-electron chi connectivity index (χ0n) is 18.9. The number of hydrogen-bond acceptors (Lipinski definition) is 2. The van der Waals surface area contributed by atoms with Crippen LogP contribution in [0.25, 0.3) is 5.57 Å². The topological polar surface area (TPSA) is 32.3 Å². The van der Waals surface area contributed by atoms with E-state index in [1.807, 2.05) is 48.2 Å². The van der Waals surface area contributed by atoms with E-state index in [1.165, 1.54) is 16.7 Å². The van der Waals surface area contributed by atoms with Crippen LogP contribution in [0.5, 0.6) is 0 Å². The monoisotopic (exact) mass is 436 g/mol. The van der Waals surface area contributed by atoms with E-state index >= 15 is 0 Å². The van der Waals surface area contributed by atoms with Gasteiger partial charge in [0.05, 0.1) is 5.92 Å². The summed E-state index contributed by atoms with van der Waals surface area (Å²) in [5, 5.41) is 4.19. The van der Waals surface area contributed by atoms with Crippen molar-refractivity contribution in [3.8, 4) is 0 Å². The molecule has 1 unspecified atom stereocenters. The van der Waals surface area contributed by atoms with Gasteiger partial charge in [0.2, 0.25) is 5.91 Å². The van der Waals surface area contributed by atoms with Crippen molar-refractivity contribution in [2.75, 3.05) is 18.0 Å². The van der Waals surface area contributed by atoms with Crippen molar-refractivity contribution < 1.29 is 4.79 Å². The number of carbonyl (C=O) groups is 1. The van der Waals surface area contributed by atoms with E-state index in [-0.39, 0.29) is 11.8 Å². The molecule has 1 amide bonds. The van der Waals surface area contributed by atoms with Crippen LogP contribution in [0.1, 0.15) is 49.3 Å². The molecule has 3 nitrogen and oxygen atoms in total. The molecule has 2 aromatic rings. The summed E-state index contributed by atoms with van der Waals surface area (Å²) in [4.78, 5) is 14.9. The Hall–Kier alpha value is -2.52. The Bertz CT molecular complexity index is 979. The number of carbonyl (C=O) groups excluding carboxylic acids is 1. The summed E-state index contributed by atoms with van der Waals surface area (Å²) in [7, 11) is 0. The highest BCUT2D eigenvalue weighted by Gasteiger charge is 2.34. The number of anilines is 1. The second kappa shape index (κ2) is 10.7. The average molecular weight is 437 g/mol. The van der Waals surface area contributed by atoms with E-state index in [4.69, 9.17) is 11.6 Å². The molecule has 0 aliphatic carbocycles. The van der Waals surface area contributed by atoms with Crippen LogP contribution >= 0.6 is 11.6 Å². The third kappa shape index (κ3) is 5.59. The molecule has 1 aliphatic rings. The first-order valence-corrected chi connectivity index (χ1v) is 11.6. The quantitative estimate of drug-likeness (QED) is 0.475. The predicted octanol–water partition coefficient (Wildman–Crippen LogP) is 6.69. The van der Waals surface area contributed by atoms with Crippen LogP contribution < -0.4 is 10.2 Å². The van der Waals surface area contributed by atoms with Gasteiger partial charge >= 0.3 is 0 Å². The standard InChI is InChI=1S/C27H33ClN2O/c1-5-6-10-22(25-18-23(28)13-12-19(25)2)14-16-29-21(4)24-15-17-30(27(24)31)26-11-8-7-9-20(26)3/h7-13,18,24,29H,4-6,14-17H2,1-3H3/b22-10-. The second-order valence-corrected chi connectivity index (χ2v) is 8.73. The normalized spacial score (nSPS) is 16.6. The van der Waals surface area contributed by atoms with Gasteiger partial charge in [-0.05, 0) is 73.6 Å². The van der Waals surface area contributed by atoms with E-state index in [9.17, 15) is 4.79 Å². The Morgan fingerprint density at radius 2 is 2.00 bits per heavy atom. The average Bonchev–Trinajstić information content (AvgIpc) is 3.14. The van der Waals surface area contributed by atoms with Gasteiger partial charge in [-0.15, -0.1) is 0 Å². The molecule has 1 heterocycles. The number of rotatable bonds is 9.